The van der Waals surface area contributed by atoms with Crippen molar-refractivity contribution < 1.29 is 0 Å². The summed E-state index contributed by atoms with van der Waals surface area (Å²) in [4.78, 5) is 5.84. The predicted octanol–water partition coefficient (Wildman–Crippen LogP) is 2.92. The van der Waals surface area contributed by atoms with Crippen molar-refractivity contribution >= 4 is 11.3 Å². The van der Waals surface area contributed by atoms with Crippen LogP contribution in [0.1, 0.15) is 36.3 Å². The number of hydrogen-bond donors (Lipinski definition) is 1. The summed E-state index contributed by atoms with van der Waals surface area (Å²) in [5.41, 5.74) is 7.33. The van der Waals surface area contributed by atoms with Crippen LogP contribution in [0.5, 0.6) is 0 Å². The lowest BCUT2D eigenvalue weighted by molar-refractivity contribution is 0.344. The zero-order chi connectivity index (χ0) is 11.6. The molecule has 2 N–H and O–H groups in total. The van der Waals surface area contributed by atoms with Gasteiger partial charge in [0, 0.05) is 17.3 Å². The third-order valence-corrected chi connectivity index (χ3v) is 4.31. The van der Waals surface area contributed by atoms with E-state index in [2.05, 4.69) is 39.6 Å². The molecule has 0 bridgehead atoms. The average molecular weight is 226 g/mol. The Bertz CT molecular complexity index is 298. The number of rotatable bonds is 4. The fourth-order valence-electron chi connectivity index (χ4n) is 1.51. The van der Waals surface area contributed by atoms with Crippen molar-refractivity contribution in [2.24, 2.45) is 17.6 Å². The minimum atomic E-state index is 0.231. The molecule has 0 aromatic carbocycles. The Kier molecular flexibility index (Phi) is 4.29. The maximum absolute atomic E-state index is 6.18. The molecular formula is C12H22N2S. The van der Waals surface area contributed by atoms with Gasteiger partial charge in [-0.2, -0.15) is 0 Å². The largest absolute Gasteiger partial charge is 0.327 e. The number of aromatic nitrogens is 1. The predicted molar refractivity (Wildman–Crippen MR) is 67.3 cm³/mol. The van der Waals surface area contributed by atoms with Gasteiger partial charge in [-0.1, -0.05) is 20.8 Å². The summed E-state index contributed by atoms with van der Waals surface area (Å²) in [7, 11) is 0. The first-order valence-corrected chi connectivity index (χ1v) is 6.42. The Balaban J connectivity index is 2.62. The Hall–Kier alpha value is -0.410. The minimum Gasteiger partial charge on any atom is -0.327 e. The average Bonchev–Trinajstić information content (AvgIpc) is 2.44. The summed E-state index contributed by atoms with van der Waals surface area (Å²) in [5, 5.41) is 1.19. The second-order valence-corrected chi connectivity index (χ2v) is 6.01. The van der Waals surface area contributed by atoms with Crippen molar-refractivity contribution in [1.82, 2.24) is 4.98 Å². The highest BCUT2D eigenvalue weighted by Crippen LogP contribution is 2.21. The molecule has 1 heterocycles. The Morgan fingerprint density at radius 1 is 1.27 bits per heavy atom. The number of nitrogens with zero attached hydrogens (tertiary/aromatic N) is 1. The summed E-state index contributed by atoms with van der Waals surface area (Å²) in [6, 6.07) is 0.231. The van der Waals surface area contributed by atoms with Crippen LogP contribution in [0, 0.1) is 25.7 Å². The third-order valence-electron chi connectivity index (χ3n) is 3.21. The zero-order valence-corrected chi connectivity index (χ0v) is 11.2. The Morgan fingerprint density at radius 2 is 1.87 bits per heavy atom. The van der Waals surface area contributed by atoms with Crippen molar-refractivity contribution in [1.29, 1.82) is 0 Å². The van der Waals surface area contributed by atoms with Gasteiger partial charge >= 0.3 is 0 Å². The smallest absolute Gasteiger partial charge is 0.0946 e. The third kappa shape index (κ3) is 3.28. The lowest BCUT2D eigenvalue weighted by atomic mass is 9.89. The van der Waals surface area contributed by atoms with Crippen LogP contribution in [0.3, 0.4) is 0 Å². The molecule has 0 radical (unpaired) electrons. The Labute approximate surface area is 96.9 Å². The van der Waals surface area contributed by atoms with Crippen molar-refractivity contribution in [3.8, 4) is 0 Å². The van der Waals surface area contributed by atoms with Crippen molar-refractivity contribution in [3.63, 3.8) is 0 Å². The summed E-state index contributed by atoms with van der Waals surface area (Å²) in [5.74, 6) is 1.19. The molecule has 1 aromatic rings. The molecular weight excluding hydrogens is 204 g/mol. The fraction of sp³-hybridized carbons (Fsp3) is 0.750. The van der Waals surface area contributed by atoms with E-state index in [9.17, 15) is 0 Å². The summed E-state index contributed by atoms with van der Waals surface area (Å²) in [6.45, 7) is 10.9. The van der Waals surface area contributed by atoms with Crippen molar-refractivity contribution in [2.75, 3.05) is 0 Å². The van der Waals surface area contributed by atoms with E-state index in [-0.39, 0.29) is 6.04 Å². The maximum atomic E-state index is 6.18. The van der Waals surface area contributed by atoms with Gasteiger partial charge in [0.1, 0.15) is 0 Å². The highest BCUT2D eigenvalue weighted by atomic mass is 32.1. The summed E-state index contributed by atoms with van der Waals surface area (Å²) >= 11 is 1.78. The van der Waals surface area contributed by atoms with E-state index in [1.165, 1.54) is 9.88 Å². The van der Waals surface area contributed by atoms with Crippen LogP contribution in [0.2, 0.25) is 0 Å². The van der Waals surface area contributed by atoms with Gasteiger partial charge in [0.15, 0.2) is 0 Å². The molecule has 0 amide bonds. The lowest BCUT2D eigenvalue weighted by Crippen LogP contribution is -2.33. The number of nitrogens with two attached hydrogens (primary N) is 1. The first kappa shape index (κ1) is 12.7. The molecule has 0 aliphatic heterocycles. The molecule has 2 atom stereocenters. The number of thiazole rings is 1. The fourth-order valence-corrected chi connectivity index (χ4v) is 2.51. The molecule has 3 heteroatoms. The molecule has 0 fully saturated rings. The van der Waals surface area contributed by atoms with E-state index in [0.29, 0.717) is 11.8 Å². The van der Waals surface area contributed by atoms with Crippen LogP contribution in [0.25, 0.3) is 0 Å². The molecule has 2 nitrogen and oxygen atoms in total. The van der Waals surface area contributed by atoms with E-state index in [0.717, 1.165) is 12.1 Å². The molecule has 0 aliphatic carbocycles. The first-order valence-electron chi connectivity index (χ1n) is 5.60. The van der Waals surface area contributed by atoms with E-state index in [1.807, 2.05) is 0 Å². The molecule has 1 rings (SSSR count). The Morgan fingerprint density at radius 3 is 2.27 bits per heavy atom. The molecule has 0 saturated carbocycles. The molecule has 1 aromatic heterocycles. The van der Waals surface area contributed by atoms with Crippen LogP contribution >= 0.6 is 11.3 Å². The zero-order valence-electron chi connectivity index (χ0n) is 10.4. The van der Waals surface area contributed by atoms with Gasteiger partial charge in [0.2, 0.25) is 0 Å². The van der Waals surface area contributed by atoms with Gasteiger partial charge in [-0.3, -0.25) is 0 Å². The SMILES string of the molecule is Cc1nc(CC(N)C(C)C(C)C)sc1C. The van der Waals surface area contributed by atoms with Gasteiger partial charge in [-0.25, -0.2) is 4.98 Å². The van der Waals surface area contributed by atoms with Gasteiger partial charge < -0.3 is 5.73 Å². The van der Waals surface area contributed by atoms with Crippen LogP contribution in [-0.4, -0.2) is 11.0 Å². The topological polar surface area (TPSA) is 38.9 Å². The van der Waals surface area contributed by atoms with Crippen LogP contribution in [0.4, 0.5) is 0 Å². The lowest BCUT2D eigenvalue weighted by Gasteiger charge is -2.22. The highest BCUT2D eigenvalue weighted by Gasteiger charge is 2.18. The van der Waals surface area contributed by atoms with Crippen LogP contribution in [0.15, 0.2) is 0 Å². The number of hydrogen-bond acceptors (Lipinski definition) is 3. The van der Waals surface area contributed by atoms with Gasteiger partial charge in [0.05, 0.1) is 10.7 Å². The van der Waals surface area contributed by atoms with E-state index in [1.54, 1.807) is 11.3 Å². The molecule has 86 valence electrons. The van der Waals surface area contributed by atoms with E-state index < -0.39 is 0 Å². The molecule has 0 aliphatic rings. The first-order chi connectivity index (χ1) is 6.91. The van der Waals surface area contributed by atoms with Gasteiger partial charge in [-0.15, -0.1) is 11.3 Å². The summed E-state index contributed by atoms with van der Waals surface area (Å²) in [6.07, 6.45) is 0.915. The van der Waals surface area contributed by atoms with Crippen molar-refractivity contribution in [3.05, 3.63) is 15.6 Å². The molecule has 2 unspecified atom stereocenters. The summed E-state index contributed by atoms with van der Waals surface area (Å²) < 4.78 is 0. The normalized spacial score (nSPS) is 15.7. The second kappa shape index (κ2) is 5.08. The van der Waals surface area contributed by atoms with Gasteiger partial charge in [-0.05, 0) is 25.7 Å². The quantitative estimate of drug-likeness (QED) is 0.857. The molecule has 0 saturated heterocycles. The monoisotopic (exact) mass is 226 g/mol. The highest BCUT2D eigenvalue weighted by molar-refractivity contribution is 7.11. The van der Waals surface area contributed by atoms with E-state index >= 15 is 0 Å². The standard InChI is InChI=1S/C12H22N2S/c1-7(2)8(3)11(13)6-12-14-9(4)10(5)15-12/h7-8,11H,6,13H2,1-5H3. The van der Waals surface area contributed by atoms with Gasteiger partial charge in [0.25, 0.3) is 0 Å². The molecule has 0 spiro atoms. The molecule has 15 heavy (non-hydrogen) atoms. The van der Waals surface area contributed by atoms with E-state index in [4.69, 9.17) is 5.73 Å². The minimum absolute atomic E-state index is 0.231. The van der Waals surface area contributed by atoms with Crippen molar-refractivity contribution in [2.45, 2.75) is 47.1 Å². The van der Waals surface area contributed by atoms with Crippen LogP contribution < -0.4 is 5.73 Å². The number of aryl methyl sites for hydroxylation is 2. The second-order valence-electron chi connectivity index (χ2n) is 4.72. The van der Waals surface area contributed by atoms with Crippen LogP contribution in [-0.2, 0) is 6.42 Å². The maximum Gasteiger partial charge on any atom is 0.0946 e.